The number of benzene rings is 8. The van der Waals surface area contributed by atoms with Crippen LogP contribution in [0.3, 0.4) is 0 Å². The van der Waals surface area contributed by atoms with E-state index in [0.29, 0.717) is 0 Å². The molecule has 73 heavy (non-hydrogen) atoms. The van der Waals surface area contributed by atoms with E-state index in [4.69, 9.17) is 0 Å². The van der Waals surface area contributed by atoms with Gasteiger partial charge in [-0.25, -0.2) is 0 Å². The Bertz CT molecular complexity index is 1750. The van der Waals surface area contributed by atoms with Gasteiger partial charge in [0.2, 0.25) is 0 Å². The Morgan fingerprint density at radius 1 is 0.178 bits per heavy atom. The molecule has 0 aliphatic carbocycles. The third-order valence-electron chi connectivity index (χ3n) is 7.36. The van der Waals surface area contributed by atoms with E-state index in [1.807, 2.05) is 184 Å². The van der Waals surface area contributed by atoms with Gasteiger partial charge in [-0.2, -0.15) is 0 Å². The highest BCUT2D eigenvalue weighted by molar-refractivity contribution is 5.86. The number of rotatable bonds is 0. The van der Waals surface area contributed by atoms with Gasteiger partial charge in [0.1, 0.15) is 0 Å². The van der Waals surface area contributed by atoms with Crippen LogP contribution in [0.2, 0.25) is 0 Å². The van der Waals surface area contributed by atoms with Gasteiger partial charge in [-0.1, -0.05) is 392 Å². The Balaban J connectivity index is -0.0000000902. The Hall–Kier alpha value is -5.46. The summed E-state index contributed by atoms with van der Waals surface area (Å²) in [6.45, 7) is 55.4. The Morgan fingerprint density at radius 2 is 0.301 bits per heavy atom. The van der Waals surface area contributed by atoms with Gasteiger partial charge in [0.15, 0.2) is 0 Å². The SMILES string of the molecule is CC.CC.CC.CC.CC.CC.CC.CC.CCC.CCC.CCC.CCC.Cc1cccc2ccccc12.Cc1cccc2ccccc12.Cc1cccc2ccccc12.c1ccccc1.c1ccccc1. The molecule has 8 rings (SSSR count). The van der Waals surface area contributed by atoms with Crippen molar-refractivity contribution in [2.24, 2.45) is 0 Å². The highest BCUT2D eigenvalue weighted by atomic mass is 14.0. The second kappa shape index (κ2) is 83.4. The molecule has 0 amide bonds. The maximum atomic E-state index is 2.16. The fraction of sp³-hybridized carbons (Fsp3) is 0.425. The number of hydrogen-bond acceptors (Lipinski definition) is 0. The zero-order valence-corrected chi connectivity index (χ0v) is 53.4. The normalized spacial score (nSPS) is 7.60. The zero-order chi connectivity index (χ0) is 58.4. The quantitative estimate of drug-likeness (QED) is 0.142. The molecule has 0 fully saturated rings. The van der Waals surface area contributed by atoms with Crippen molar-refractivity contribution in [3.63, 3.8) is 0 Å². The van der Waals surface area contributed by atoms with Gasteiger partial charge >= 0.3 is 0 Å². The van der Waals surface area contributed by atoms with Gasteiger partial charge in [-0.15, -0.1) is 0 Å². The van der Waals surface area contributed by atoms with Crippen LogP contribution in [-0.4, -0.2) is 0 Å². The van der Waals surface area contributed by atoms with E-state index in [1.54, 1.807) is 0 Å². The minimum atomic E-state index is 1.25. The Labute approximate surface area is 459 Å². The van der Waals surface area contributed by atoms with Crippen LogP contribution in [0.5, 0.6) is 0 Å². The van der Waals surface area contributed by atoms with Gasteiger partial charge in [-0.05, 0) is 69.8 Å². The summed E-state index contributed by atoms with van der Waals surface area (Å²) in [7, 11) is 0. The fourth-order valence-corrected chi connectivity index (χ4v) is 4.93. The number of aryl methyl sites for hydroxylation is 3. The highest BCUT2D eigenvalue weighted by Gasteiger charge is 1.94. The predicted molar refractivity (Wildman–Crippen MR) is 354 cm³/mol. The van der Waals surface area contributed by atoms with Crippen LogP contribution in [0, 0.1) is 20.8 Å². The highest BCUT2D eigenvalue weighted by Crippen LogP contribution is 2.18. The molecule has 0 bridgehead atoms. The minimum absolute atomic E-state index is 1.25. The molecule has 0 N–H and O–H groups in total. The van der Waals surface area contributed by atoms with Crippen LogP contribution in [0.4, 0.5) is 0 Å². The molecule has 0 spiro atoms. The van der Waals surface area contributed by atoms with Crippen LogP contribution in [0.15, 0.2) is 200 Å². The zero-order valence-electron chi connectivity index (χ0n) is 53.4. The molecule has 0 heterocycles. The molecule has 0 heteroatoms. The molecule has 0 radical (unpaired) electrons. The third-order valence-corrected chi connectivity index (χ3v) is 7.36. The van der Waals surface area contributed by atoms with Crippen molar-refractivity contribution in [1.82, 2.24) is 0 Å². The molecule has 0 unspecified atom stereocenters. The van der Waals surface area contributed by atoms with E-state index in [1.165, 1.54) is 74.7 Å². The summed E-state index contributed by atoms with van der Waals surface area (Å²) in [6, 6.07) is 68.5. The van der Waals surface area contributed by atoms with E-state index in [9.17, 15) is 0 Å². The van der Waals surface area contributed by atoms with Crippen molar-refractivity contribution in [2.75, 3.05) is 0 Å². The number of fused-ring (bicyclic) bond motifs is 3. The molecular formula is C73H122. The molecule has 414 valence electrons. The van der Waals surface area contributed by atoms with Gasteiger partial charge in [0, 0.05) is 0 Å². The van der Waals surface area contributed by atoms with Crippen LogP contribution in [0.25, 0.3) is 32.3 Å². The summed E-state index contributed by atoms with van der Waals surface area (Å²) >= 11 is 0. The molecule has 0 aliphatic rings. The molecular weight excluding hydrogens is 877 g/mol. The maximum Gasteiger partial charge on any atom is -0.0155 e. The summed E-state index contributed by atoms with van der Waals surface area (Å²) in [5.74, 6) is 0. The average Bonchev–Trinajstić information content (AvgIpc) is 3.48. The first-order chi connectivity index (χ1) is 35.8. The lowest BCUT2D eigenvalue weighted by Gasteiger charge is -1.98. The predicted octanol–water partition coefficient (Wildman–Crippen LogP) is 26.7. The summed E-state index contributed by atoms with van der Waals surface area (Å²) in [5.41, 5.74) is 4.05. The van der Waals surface area contributed by atoms with Crippen LogP contribution in [-0.2, 0) is 0 Å². The van der Waals surface area contributed by atoms with Crippen molar-refractivity contribution < 1.29 is 0 Å². The van der Waals surface area contributed by atoms with Gasteiger partial charge in [0.05, 0.1) is 0 Å². The second-order valence-corrected chi connectivity index (χ2v) is 13.5. The monoisotopic (exact) mass is 999 g/mol. The van der Waals surface area contributed by atoms with Crippen molar-refractivity contribution in [1.29, 1.82) is 0 Å². The first-order valence-corrected chi connectivity index (χ1v) is 29.1. The Morgan fingerprint density at radius 3 is 0.438 bits per heavy atom. The first kappa shape index (κ1) is 87.3. The van der Waals surface area contributed by atoms with E-state index in [0.717, 1.165) is 0 Å². The summed E-state index contributed by atoms with van der Waals surface area (Å²) < 4.78 is 0. The van der Waals surface area contributed by atoms with E-state index in [-0.39, 0.29) is 0 Å². The lowest BCUT2D eigenvalue weighted by molar-refractivity contribution is 1.09. The minimum Gasteiger partial charge on any atom is -0.0683 e. The van der Waals surface area contributed by atoms with E-state index < -0.39 is 0 Å². The van der Waals surface area contributed by atoms with Gasteiger partial charge in [0.25, 0.3) is 0 Å². The molecule has 0 aromatic heterocycles. The molecule has 0 saturated carbocycles. The van der Waals surface area contributed by atoms with Gasteiger partial charge in [-0.3, -0.25) is 0 Å². The van der Waals surface area contributed by atoms with Crippen molar-refractivity contribution in [3.05, 3.63) is 217 Å². The summed E-state index contributed by atoms with van der Waals surface area (Å²) in [5, 5.41) is 8.05. The standard InChI is InChI=1S/3C11H10.2C6H6.4C3H8.8C2H6/c3*1-9-5-4-7-10-6-2-3-8-11(9)10;2*1-2-4-6-5-3-1;4*1-3-2;8*1-2/h3*2-8H,1H3;2*1-6H;4*3H2,1-2H3;8*1-2H3. The first-order valence-electron chi connectivity index (χ1n) is 29.1. The molecule has 8 aromatic carbocycles. The second-order valence-electron chi connectivity index (χ2n) is 13.5. The van der Waals surface area contributed by atoms with Crippen LogP contribution < -0.4 is 0 Å². The molecule has 0 atom stereocenters. The topological polar surface area (TPSA) is 0 Å². The molecule has 8 aromatic rings. The van der Waals surface area contributed by atoms with Crippen LogP contribution in [0.1, 0.15) is 209 Å². The van der Waals surface area contributed by atoms with Gasteiger partial charge < -0.3 is 0 Å². The van der Waals surface area contributed by atoms with Crippen molar-refractivity contribution >= 4 is 32.3 Å². The molecule has 0 saturated heterocycles. The largest absolute Gasteiger partial charge is 0.0683 e. The smallest absolute Gasteiger partial charge is 0.0155 e. The molecule has 0 aliphatic heterocycles. The number of hydrogen-bond donors (Lipinski definition) is 0. The average molecular weight is 1000 g/mol. The summed E-state index contributed by atoms with van der Waals surface area (Å²) in [4.78, 5) is 0. The maximum absolute atomic E-state index is 2.16. The van der Waals surface area contributed by atoms with E-state index >= 15 is 0 Å². The fourth-order valence-electron chi connectivity index (χ4n) is 4.93. The lowest BCUT2D eigenvalue weighted by atomic mass is 10.1. The lowest BCUT2D eigenvalue weighted by Crippen LogP contribution is -1.75. The van der Waals surface area contributed by atoms with E-state index in [2.05, 4.69) is 204 Å². The Kier molecular flexibility index (Phi) is 99.7. The summed E-state index contributed by atoms with van der Waals surface area (Å²) in [6.07, 6.45) is 5.00. The van der Waals surface area contributed by atoms with Crippen LogP contribution >= 0.6 is 0 Å². The van der Waals surface area contributed by atoms with Crippen molar-refractivity contribution in [3.8, 4) is 0 Å². The third kappa shape index (κ3) is 57.3. The van der Waals surface area contributed by atoms with Crippen molar-refractivity contribution in [2.45, 2.75) is 213 Å². The molecule has 0 nitrogen and oxygen atoms in total.